The Balaban J connectivity index is 2.02. The molecule has 1 saturated heterocycles. The average Bonchev–Trinajstić information content (AvgIpc) is 2.87. The Hall–Kier alpha value is -0.390. The van der Waals surface area contributed by atoms with Gasteiger partial charge in [-0.15, -0.1) is 11.8 Å². The van der Waals surface area contributed by atoms with Crippen molar-refractivity contribution in [2.75, 3.05) is 12.4 Å². The molecule has 2 saturated carbocycles. The fourth-order valence-corrected chi connectivity index (χ4v) is 5.57. The van der Waals surface area contributed by atoms with Crippen molar-refractivity contribution in [3.63, 3.8) is 0 Å². The van der Waals surface area contributed by atoms with Crippen LogP contribution in [0.25, 0.3) is 0 Å². The molecular weight excluding hydrogens is 262 g/mol. The van der Waals surface area contributed by atoms with E-state index in [-0.39, 0.29) is 22.4 Å². The van der Waals surface area contributed by atoms with Crippen LogP contribution in [0.3, 0.4) is 0 Å². The van der Waals surface area contributed by atoms with Crippen LogP contribution in [0.2, 0.25) is 0 Å². The highest BCUT2D eigenvalue weighted by Gasteiger charge is 2.68. The number of thioether (sulfide) groups is 1. The van der Waals surface area contributed by atoms with Gasteiger partial charge in [-0.05, 0) is 26.2 Å². The zero-order chi connectivity index (χ0) is 13.9. The maximum atomic E-state index is 11.8. The van der Waals surface area contributed by atoms with E-state index in [4.69, 9.17) is 10.5 Å². The molecule has 19 heavy (non-hydrogen) atoms. The Morgan fingerprint density at radius 3 is 2.79 bits per heavy atom. The molecule has 1 spiro atoms. The van der Waals surface area contributed by atoms with Crippen LogP contribution in [0.5, 0.6) is 0 Å². The summed E-state index contributed by atoms with van der Waals surface area (Å²) >= 11 is 1.85. The van der Waals surface area contributed by atoms with Gasteiger partial charge in [0.15, 0.2) is 0 Å². The number of rotatable bonds is 0. The fourth-order valence-electron chi connectivity index (χ4n) is 4.19. The van der Waals surface area contributed by atoms with E-state index < -0.39 is 11.0 Å². The molecule has 0 aromatic carbocycles. The van der Waals surface area contributed by atoms with Crippen molar-refractivity contribution in [3.05, 3.63) is 0 Å². The topological polar surface area (TPSA) is 73.7 Å². The summed E-state index contributed by atoms with van der Waals surface area (Å²) in [6.07, 6.45) is 2.56. The Labute approximate surface area is 117 Å². The van der Waals surface area contributed by atoms with Gasteiger partial charge in [0, 0.05) is 23.6 Å². The van der Waals surface area contributed by atoms with Crippen molar-refractivity contribution < 1.29 is 14.3 Å². The first-order chi connectivity index (χ1) is 8.86. The van der Waals surface area contributed by atoms with E-state index in [1.54, 1.807) is 0 Å². The second-order valence-electron chi connectivity index (χ2n) is 6.37. The number of ether oxygens (including phenoxy) is 1. The number of ketones is 2. The molecule has 0 aromatic rings. The quantitative estimate of drug-likeness (QED) is 0.540. The molecule has 0 amide bonds. The molecule has 5 heteroatoms. The van der Waals surface area contributed by atoms with E-state index in [1.807, 2.05) is 18.7 Å². The predicted octanol–water partition coefficient (Wildman–Crippen LogP) is 1.49. The lowest BCUT2D eigenvalue weighted by Gasteiger charge is -2.57. The summed E-state index contributed by atoms with van der Waals surface area (Å²) in [5.41, 5.74) is 5.57. The van der Waals surface area contributed by atoms with E-state index >= 15 is 0 Å². The van der Waals surface area contributed by atoms with Crippen LogP contribution in [0.4, 0.5) is 0 Å². The largest absolute Gasteiger partial charge is 0.366 e. The summed E-state index contributed by atoms with van der Waals surface area (Å²) in [7, 11) is 0. The SMILES string of the molecule is C[C@H]1C2(CC[C@@]3(C)C(=[OH+])C(=O)CC[C@]13N)OCCS2. The Morgan fingerprint density at radius 1 is 1.42 bits per heavy atom. The van der Waals surface area contributed by atoms with Crippen LogP contribution >= 0.6 is 11.8 Å². The zero-order valence-corrected chi connectivity index (χ0v) is 12.4. The van der Waals surface area contributed by atoms with Crippen molar-refractivity contribution in [2.24, 2.45) is 17.1 Å². The van der Waals surface area contributed by atoms with E-state index in [0.29, 0.717) is 12.8 Å². The van der Waals surface area contributed by atoms with Gasteiger partial charge in [0.1, 0.15) is 10.3 Å². The third-order valence-electron chi connectivity index (χ3n) is 5.76. The molecule has 106 valence electrons. The van der Waals surface area contributed by atoms with Crippen molar-refractivity contribution >= 4 is 23.3 Å². The molecule has 1 unspecified atom stereocenters. The number of carbonyl (C=O) groups is 1. The van der Waals surface area contributed by atoms with Crippen molar-refractivity contribution in [3.8, 4) is 0 Å². The first-order valence-corrected chi connectivity index (χ1v) is 8.01. The van der Waals surface area contributed by atoms with E-state index in [2.05, 4.69) is 6.92 Å². The fraction of sp³-hybridized carbons (Fsp3) is 0.857. The molecule has 1 heterocycles. The van der Waals surface area contributed by atoms with E-state index in [0.717, 1.165) is 25.2 Å². The molecule has 0 bridgehead atoms. The number of nitrogens with two attached hydrogens (primary N) is 1. The highest BCUT2D eigenvalue weighted by Crippen LogP contribution is 2.59. The monoisotopic (exact) mass is 284 g/mol. The highest BCUT2D eigenvalue weighted by atomic mass is 32.2. The lowest BCUT2D eigenvalue weighted by atomic mass is 9.51. The molecule has 4 nitrogen and oxygen atoms in total. The third-order valence-corrected chi connectivity index (χ3v) is 7.30. The van der Waals surface area contributed by atoms with Gasteiger partial charge in [0.2, 0.25) is 0 Å². The summed E-state index contributed by atoms with van der Waals surface area (Å²) in [5, 5.41) is 0. The first kappa shape index (κ1) is 13.6. The second-order valence-corrected chi connectivity index (χ2v) is 7.76. The van der Waals surface area contributed by atoms with Gasteiger partial charge in [-0.25, -0.2) is 0 Å². The van der Waals surface area contributed by atoms with Gasteiger partial charge in [-0.1, -0.05) is 6.92 Å². The normalized spacial score (nSPS) is 50.6. The molecule has 3 N–H and O–H groups in total. The van der Waals surface area contributed by atoms with Crippen LogP contribution in [0.1, 0.15) is 39.5 Å². The molecular formula is C14H22NO3S+. The van der Waals surface area contributed by atoms with Gasteiger partial charge in [0.25, 0.3) is 5.78 Å². The van der Waals surface area contributed by atoms with Gasteiger partial charge < -0.3 is 10.5 Å². The molecule has 3 aliphatic rings. The molecule has 3 rings (SSSR count). The number of fused-ring (bicyclic) bond motifs is 1. The van der Waals surface area contributed by atoms with Crippen LogP contribution < -0.4 is 5.73 Å². The molecule has 4 atom stereocenters. The maximum absolute atomic E-state index is 11.8. The standard InChI is InChI=1S/C14H21NO3S/c1-9-13(15)4-3-10(16)11(17)12(13,2)5-6-14(9)18-7-8-19-14/h9H,3-8,15H2,1-2H3/p+1/t9-,12+,13+,14?/m1/s1. The van der Waals surface area contributed by atoms with E-state index in [1.165, 1.54) is 0 Å². The number of Topliss-reactive ketones (excluding diaryl/α,β-unsaturated/α-hetero) is 1. The van der Waals surface area contributed by atoms with Crippen LogP contribution in [0, 0.1) is 11.3 Å². The first-order valence-electron chi connectivity index (χ1n) is 7.02. The summed E-state index contributed by atoms with van der Waals surface area (Å²) in [6.45, 7) is 4.84. The predicted molar refractivity (Wildman–Crippen MR) is 75.7 cm³/mol. The average molecular weight is 284 g/mol. The van der Waals surface area contributed by atoms with Crippen molar-refractivity contribution in [1.82, 2.24) is 0 Å². The van der Waals surface area contributed by atoms with Crippen LogP contribution in [0.15, 0.2) is 0 Å². The smallest absolute Gasteiger partial charge is 0.363 e. The minimum atomic E-state index is -0.598. The second kappa shape index (κ2) is 4.06. The van der Waals surface area contributed by atoms with Crippen LogP contribution in [-0.2, 0) is 9.53 Å². The third kappa shape index (κ3) is 1.55. The van der Waals surface area contributed by atoms with Gasteiger partial charge in [0.05, 0.1) is 6.61 Å². The summed E-state index contributed by atoms with van der Waals surface area (Å²) in [4.78, 5) is 21.9. The lowest BCUT2D eigenvalue weighted by Crippen LogP contribution is -2.72. The molecule has 0 radical (unpaired) electrons. The summed E-state index contributed by atoms with van der Waals surface area (Å²) in [5.74, 6) is 0.991. The van der Waals surface area contributed by atoms with Crippen molar-refractivity contribution in [2.45, 2.75) is 50.0 Å². The molecule has 0 aromatic heterocycles. The number of carbonyl (C=O) groups excluding carboxylic acids is 2. The number of hydrogen-bond acceptors (Lipinski definition) is 4. The summed E-state index contributed by atoms with van der Waals surface area (Å²) in [6, 6.07) is 0. The molecule has 1 aliphatic heterocycles. The molecule has 2 aliphatic carbocycles. The van der Waals surface area contributed by atoms with Gasteiger partial charge >= 0.3 is 5.78 Å². The van der Waals surface area contributed by atoms with Crippen LogP contribution in [-0.4, -0.2) is 39.2 Å². The van der Waals surface area contributed by atoms with E-state index in [9.17, 15) is 9.59 Å². The maximum Gasteiger partial charge on any atom is 0.366 e. The minimum absolute atomic E-state index is 0.00838. The Bertz CT molecular complexity index is 446. The number of hydrogen-bond donors (Lipinski definition) is 1. The lowest BCUT2D eigenvalue weighted by molar-refractivity contribution is -0.122. The Kier molecular flexibility index (Phi) is 2.90. The molecule has 3 fully saturated rings. The Morgan fingerprint density at radius 2 is 2.16 bits per heavy atom. The summed E-state index contributed by atoms with van der Waals surface area (Å²) < 4.78 is 6.02. The van der Waals surface area contributed by atoms with Crippen molar-refractivity contribution in [1.29, 1.82) is 0 Å². The highest BCUT2D eigenvalue weighted by molar-refractivity contribution is 8.00. The minimum Gasteiger partial charge on any atom is -0.363 e. The van der Waals surface area contributed by atoms with Gasteiger partial charge in [-0.3, -0.25) is 9.59 Å². The van der Waals surface area contributed by atoms with Gasteiger partial charge in [-0.2, -0.15) is 0 Å². The zero-order valence-electron chi connectivity index (χ0n) is 11.6.